The van der Waals surface area contributed by atoms with Crippen molar-refractivity contribution in [3.63, 3.8) is 0 Å². The predicted octanol–water partition coefficient (Wildman–Crippen LogP) is 2.66. The molecule has 2 heteroatoms. The van der Waals surface area contributed by atoms with Crippen LogP contribution in [0.15, 0.2) is 18.2 Å². The van der Waals surface area contributed by atoms with Gasteiger partial charge in [-0.15, -0.1) is 0 Å². The number of aliphatic hydroxyl groups is 1. The zero-order valence-corrected chi connectivity index (χ0v) is 9.01. The summed E-state index contributed by atoms with van der Waals surface area (Å²) in [6.45, 7) is 4.14. The molecule has 0 radical (unpaired) electrons. The molecule has 0 aliphatic carbocycles. The highest BCUT2D eigenvalue weighted by molar-refractivity contribution is 7.80. The Balaban J connectivity index is 2.84. The first kappa shape index (κ1) is 10.6. The summed E-state index contributed by atoms with van der Waals surface area (Å²) in [6.07, 6.45) is 0.350. The third-order valence-electron chi connectivity index (χ3n) is 2.32. The van der Waals surface area contributed by atoms with Gasteiger partial charge in [-0.25, -0.2) is 0 Å². The monoisotopic (exact) mass is 196 g/mol. The minimum Gasteiger partial charge on any atom is -0.388 e. The molecule has 0 aliphatic heterocycles. The van der Waals surface area contributed by atoms with Crippen molar-refractivity contribution < 1.29 is 5.11 Å². The van der Waals surface area contributed by atoms with Gasteiger partial charge in [0.25, 0.3) is 0 Å². The Hall–Kier alpha value is -0.470. The van der Waals surface area contributed by atoms with E-state index < -0.39 is 0 Å². The molecule has 0 spiro atoms. The van der Waals surface area contributed by atoms with Crippen molar-refractivity contribution in [2.75, 3.05) is 5.75 Å². The molecule has 0 fully saturated rings. The van der Waals surface area contributed by atoms with Gasteiger partial charge in [0.2, 0.25) is 0 Å². The van der Waals surface area contributed by atoms with E-state index in [1.165, 1.54) is 11.1 Å². The zero-order chi connectivity index (χ0) is 9.84. The number of rotatable bonds is 3. The molecule has 1 rings (SSSR count). The second-order valence-corrected chi connectivity index (χ2v) is 3.82. The van der Waals surface area contributed by atoms with Crippen molar-refractivity contribution in [3.8, 4) is 0 Å². The SMILES string of the molecule is Cc1ccc(C(O)CCS)cc1C. The zero-order valence-electron chi connectivity index (χ0n) is 8.12. The van der Waals surface area contributed by atoms with Gasteiger partial charge in [0.05, 0.1) is 6.10 Å². The van der Waals surface area contributed by atoms with Gasteiger partial charge in [0, 0.05) is 0 Å². The molecule has 13 heavy (non-hydrogen) atoms. The Morgan fingerprint density at radius 2 is 2.00 bits per heavy atom. The lowest BCUT2D eigenvalue weighted by Crippen LogP contribution is -1.98. The molecule has 0 aliphatic rings. The molecule has 1 atom stereocenters. The summed E-state index contributed by atoms with van der Waals surface area (Å²) in [4.78, 5) is 0. The second-order valence-electron chi connectivity index (χ2n) is 3.37. The van der Waals surface area contributed by atoms with E-state index in [2.05, 4.69) is 26.5 Å². The van der Waals surface area contributed by atoms with Gasteiger partial charge in [0.1, 0.15) is 0 Å². The number of hydrogen-bond donors (Lipinski definition) is 2. The quantitative estimate of drug-likeness (QED) is 0.712. The van der Waals surface area contributed by atoms with Crippen LogP contribution in [0.2, 0.25) is 0 Å². The van der Waals surface area contributed by atoms with E-state index in [4.69, 9.17) is 0 Å². The van der Waals surface area contributed by atoms with E-state index in [1.54, 1.807) is 0 Å². The van der Waals surface area contributed by atoms with Crippen LogP contribution in [0.1, 0.15) is 29.2 Å². The summed E-state index contributed by atoms with van der Waals surface area (Å²) in [7, 11) is 0. The molecule has 1 nitrogen and oxygen atoms in total. The molecule has 1 unspecified atom stereocenters. The number of thiol groups is 1. The van der Waals surface area contributed by atoms with Crippen LogP contribution in [-0.4, -0.2) is 10.9 Å². The van der Waals surface area contributed by atoms with Gasteiger partial charge in [-0.2, -0.15) is 12.6 Å². The fourth-order valence-electron chi connectivity index (χ4n) is 1.26. The van der Waals surface area contributed by atoms with Gasteiger partial charge < -0.3 is 5.11 Å². The molecule has 0 saturated heterocycles. The highest BCUT2D eigenvalue weighted by Crippen LogP contribution is 2.19. The van der Waals surface area contributed by atoms with Crippen molar-refractivity contribution in [1.29, 1.82) is 0 Å². The number of hydrogen-bond acceptors (Lipinski definition) is 2. The molecule has 1 N–H and O–H groups in total. The molecule has 72 valence electrons. The first-order valence-corrected chi connectivity index (χ1v) is 5.14. The van der Waals surface area contributed by atoms with E-state index >= 15 is 0 Å². The Labute approximate surface area is 85.2 Å². The molecule has 0 amide bonds. The highest BCUT2D eigenvalue weighted by atomic mass is 32.1. The van der Waals surface area contributed by atoms with E-state index in [-0.39, 0.29) is 6.10 Å². The van der Waals surface area contributed by atoms with E-state index in [1.807, 2.05) is 18.2 Å². The maximum Gasteiger partial charge on any atom is 0.0797 e. The van der Waals surface area contributed by atoms with Crippen molar-refractivity contribution in [1.82, 2.24) is 0 Å². The number of benzene rings is 1. The van der Waals surface area contributed by atoms with E-state index in [0.717, 1.165) is 5.56 Å². The Morgan fingerprint density at radius 3 is 2.54 bits per heavy atom. The predicted molar refractivity (Wildman–Crippen MR) is 59.3 cm³/mol. The minimum atomic E-state index is -0.364. The van der Waals surface area contributed by atoms with Crippen molar-refractivity contribution in [2.24, 2.45) is 0 Å². The summed E-state index contributed by atoms with van der Waals surface area (Å²) in [5.41, 5.74) is 3.50. The van der Waals surface area contributed by atoms with Gasteiger partial charge in [-0.1, -0.05) is 18.2 Å². The van der Waals surface area contributed by atoms with Crippen LogP contribution in [0.25, 0.3) is 0 Å². The van der Waals surface area contributed by atoms with Gasteiger partial charge in [-0.3, -0.25) is 0 Å². The minimum absolute atomic E-state index is 0.364. The summed E-state index contributed by atoms with van der Waals surface area (Å²) in [6, 6.07) is 6.08. The first-order valence-electron chi connectivity index (χ1n) is 4.51. The fraction of sp³-hybridized carbons (Fsp3) is 0.455. The molecule has 0 bridgehead atoms. The van der Waals surface area contributed by atoms with Crippen molar-refractivity contribution in [2.45, 2.75) is 26.4 Å². The lowest BCUT2D eigenvalue weighted by molar-refractivity contribution is 0.175. The van der Waals surface area contributed by atoms with Crippen LogP contribution in [-0.2, 0) is 0 Å². The van der Waals surface area contributed by atoms with E-state index in [0.29, 0.717) is 12.2 Å². The van der Waals surface area contributed by atoms with Crippen molar-refractivity contribution in [3.05, 3.63) is 34.9 Å². The van der Waals surface area contributed by atoms with Crippen LogP contribution in [0, 0.1) is 13.8 Å². The number of aliphatic hydroxyl groups excluding tert-OH is 1. The van der Waals surface area contributed by atoms with Crippen LogP contribution in [0.5, 0.6) is 0 Å². The average Bonchev–Trinajstić information content (AvgIpc) is 2.10. The molecular formula is C11H16OS. The smallest absolute Gasteiger partial charge is 0.0797 e. The van der Waals surface area contributed by atoms with Crippen LogP contribution >= 0.6 is 12.6 Å². The normalized spacial score (nSPS) is 12.9. The summed E-state index contributed by atoms with van der Waals surface area (Å²) in [5.74, 6) is 0.716. The fourth-order valence-corrected chi connectivity index (χ4v) is 1.51. The topological polar surface area (TPSA) is 20.2 Å². The third kappa shape index (κ3) is 2.75. The standard InChI is InChI=1S/C11H16OS/c1-8-3-4-10(7-9(8)2)11(12)5-6-13/h3-4,7,11-13H,5-6H2,1-2H3. The van der Waals surface area contributed by atoms with E-state index in [9.17, 15) is 5.11 Å². The lowest BCUT2D eigenvalue weighted by Gasteiger charge is -2.11. The van der Waals surface area contributed by atoms with Crippen molar-refractivity contribution >= 4 is 12.6 Å². The molecular weight excluding hydrogens is 180 g/mol. The first-order chi connectivity index (χ1) is 6.15. The third-order valence-corrected chi connectivity index (χ3v) is 2.58. The molecule has 1 aromatic carbocycles. The van der Waals surface area contributed by atoms with Crippen LogP contribution < -0.4 is 0 Å². The van der Waals surface area contributed by atoms with Gasteiger partial charge in [0.15, 0.2) is 0 Å². The lowest BCUT2D eigenvalue weighted by atomic mass is 10.0. The average molecular weight is 196 g/mol. The summed E-state index contributed by atoms with van der Waals surface area (Å²) < 4.78 is 0. The highest BCUT2D eigenvalue weighted by Gasteiger charge is 2.06. The molecule has 0 aromatic heterocycles. The van der Waals surface area contributed by atoms with Gasteiger partial charge >= 0.3 is 0 Å². The summed E-state index contributed by atoms with van der Waals surface area (Å²) >= 11 is 4.10. The van der Waals surface area contributed by atoms with Crippen LogP contribution in [0.4, 0.5) is 0 Å². The molecule has 0 saturated carbocycles. The molecule has 0 heterocycles. The maximum atomic E-state index is 9.69. The van der Waals surface area contributed by atoms with Crippen LogP contribution in [0.3, 0.4) is 0 Å². The molecule has 1 aromatic rings. The largest absolute Gasteiger partial charge is 0.388 e. The Kier molecular flexibility index (Phi) is 3.82. The van der Waals surface area contributed by atoms with Gasteiger partial charge in [-0.05, 0) is 42.7 Å². The Bertz CT molecular complexity index is 283. The summed E-state index contributed by atoms with van der Waals surface area (Å²) in [5, 5.41) is 9.69. The second kappa shape index (κ2) is 4.68. The maximum absolute atomic E-state index is 9.69. The Morgan fingerprint density at radius 1 is 1.31 bits per heavy atom. The number of aryl methyl sites for hydroxylation is 2.